The third kappa shape index (κ3) is 2.54. The molecule has 0 saturated heterocycles. The summed E-state index contributed by atoms with van der Waals surface area (Å²) in [5, 5.41) is 0.404. The lowest BCUT2D eigenvalue weighted by molar-refractivity contribution is 0.0522. The fraction of sp³-hybridized carbons (Fsp3) is 0.0667. The molecule has 0 atom stereocenters. The third-order valence-corrected chi connectivity index (χ3v) is 3.91. The summed E-state index contributed by atoms with van der Waals surface area (Å²) in [6, 6.07) is 11.8. The van der Waals surface area contributed by atoms with Gasteiger partial charge in [0.2, 0.25) is 0 Å². The summed E-state index contributed by atoms with van der Waals surface area (Å²) in [5.41, 5.74) is 0.793. The molecule has 1 aliphatic heterocycles. The summed E-state index contributed by atoms with van der Waals surface area (Å²) in [4.78, 5) is 25.4. The van der Waals surface area contributed by atoms with Gasteiger partial charge in [0.05, 0.1) is 16.1 Å². The van der Waals surface area contributed by atoms with Crippen LogP contribution in [0, 0.1) is 0 Å². The summed E-state index contributed by atoms with van der Waals surface area (Å²) in [5.74, 6) is -0.302. The zero-order valence-corrected chi connectivity index (χ0v) is 13.0. The van der Waals surface area contributed by atoms with Crippen molar-refractivity contribution in [3.63, 3.8) is 0 Å². The summed E-state index contributed by atoms with van der Waals surface area (Å²) in [6.45, 7) is -0.173. The molecule has 4 nitrogen and oxygen atoms in total. The van der Waals surface area contributed by atoms with Crippen molar-refractivity contribution in [2.75, 3.05) is 6.73 Å². The van der Waals surface area contributed by atoms with Crippen LogP contribution in [0.1, 0.15) is 20.7 Å². The fourth-order valence-corrected chi connectivity index (χ4v) is 2.81. The van der Waals surface area contributed by atoms with Crippen molar-refractivity contribution < 1.29 is 14.3 Å². The highest BCUT2D eigenvalue weighted by Gasteiger charge is 2.35. The first kappa shape index (κ1) is 14.1. The Balaban J connectivity index is 1.78. The Morgan fingerprint density at radius 1 is 1.05 bits per heavy atom. The predicted molar refractivity (Wildman–Crippen MR) is 81.6 cm³/mol. The van der Waals surface area contributed by atoms with Gasteiger partial charge in [-0.1, -0.05) is 39.7 Å². The van der Waals surface area contributed by atoms with Gasteiger partial charge in [-0.3, -0.25) is 9.59 Å². The number of hydrogen-bond donors (Lipinski definition) is 0. The second-order valence-corrected chi connectivity index (χ2v) is 5.75. The lowest BCUT2D eigenvalue weighted by atomic mass is 10.1. The maximum Gasteiger partial charge on any atom is 0.264 e. The average molecular weight is 367 g/mol. The van der Waals surface area contributed by atoms with E-state index < -0.39 is 0 Å². The molecule has 21 heavy (non-hydrogen) atoms. The van der Waals surface area contributed by atoms with Crippen LogP contribution in [-0.2, 0) is 0 Å². The molecule has 0 spiro atoms. The molecule has 0 aliphatic carbocycles. The van der Waals surface area contributed by atoms with Crippen molar-refractivity contribution in [2.45, 2.75) is 0 Å². The van der Waals surface area contributed by atoms with Gasteiger partial charge >= 0.3 is 0 Å². The first-order chi connectivity index (χ1) is 10.1. The average Bonchev–Trinajstić information content (AvgIpc) is 2.71. The number of rotatable bonds is 3. The summed E-state index contributed by atoms with van der Waals surface area (Å²) in [7, 11) is 0. The van der Waals surface area contributed by atoms with Crippen LogP contribution in [0.3, 0.4) is 0 Å². The van der Waals surface area contributed by atoms with Gasteiger partial charge in [-0.2, -0.15) is 0 Å². The van der Waals surface area contributed by atoms with E-state index in [2.05, 4.69) is 15.9 Å². The highest BCUT2D eigenvalue weighted by atomic mass is 79.9. The summed E-state index contributed by atoms with van der Waals surface area (Å²) >= 11 is 9.33. The van der Waals surface area contributed by atoms with E-state index in [-0.39, 0.29) is 18.5 Å². The second kappa shape index (κ2) is 5.50. The van der Waals surface area contributed by atoms with E-state index in [1.54, 1.807) is 42.5 Å². The van der Waals surface area contributed by atoms with Crippen molar-refractivity contribution in [1.29, 1.82) is 0 Å². The Morgan fingerprint density at radius 3 is 2.24 bits per heavy atom. The highest BCUT2D eigenvalue weighted by molar-refractivity contribution is 9.10. The summed E-state index contributed by atoms with van der Waals surface area (Å²) < 4.78 is 6.30. The van der Waals surface area contributed by atoms with E-state index in [0.29, 0.717) is 21.9 Å². The van der Waals surface area contributed by atoms with E-state index in [9.17, 15) is 9.59 Å². The second-order valence-electron chi connectivity index (χ2n) is 4.43. The maximum absolute atomic E-state index is 12.2. The molecule has 0 radical (unpaired) electrons. The number of fused-ring (bicyclic) bond motifs is 1. The number of ether oxygens (including phenoxy) is 1. The van der Waals surface area contributed by atoms with Crippen molar-refractivity contribution in [3.8, 4) is 5.75 Å². The van der Waals surface area contributed by atoms with Gasteiger partial charge in [-0.05, 0) is 30.3 Å². The number of nitrogens with zero attached hydrogens (tertiary/aromatic N) is 1. The molecule has 0 bridgehead atoms. The topological polar surface area (TPSA) is 46.6 Å². The largest absolute Gasteiger partial charge is 0.471 e. The molecule has 2 aromatic carbocycles. The van der Waals surface area contributed by atoms with E-state index in [1.807, 2.05) is 0 Å². The van der Waals surface area contributed by atoms with Crippen LogP contribution in [-0.4, -0.2) is 23.4 Å². The minimum atomic E-state index is -0.358. The molecular formula is C15H9BrClNO3. The molecule has 0 unspecified atom stereocenters. The van der Waals surface area contributed by atoms with Gasteiger partial charge < -0.3 is 4.74 Å². The molecule has 2 amide bonds. The van der Waals surface area contributed by atoms with Crippen LogP contribution in [0.25, 0.3) is 0 Å². The van der Waals surface area contributed by atoms with Gasteiger partial charge in [0.15, 0.2) is 6.73 Å². The van der Waals surface area contributed by atoms with Crippen molar-refractivity contribution >= 4 is 39.3 Å². The fourth-order valence-electron chi connectivity index (χ4n) is 2.08. The van der Waals surface area contributed by atoms with E-state index >= 15 is 0 Å². The molecule has 3 rings (SSSR count). The number of amides is 2. The van der Waals surface area contributed by atoms with Crippen LogP contribution in [0.5, 0.6) is 5.75 Å². The molecule has 1 heterocycles. The SMILES string of the molecule is O=C1c2ccccc2C(=O)N1COc1ccc(Br)cc1Cl. The predicted octanol–water partition coefficient (Wildman–Crippen LogP) is 3.74. The number of imide groups is 1. The zero-order valence-electron chi connectivity index (χ0n) is 10.7. The van der Waals surface area contributed by atoms with Crippen molar-refractivity contribution in [2.24, 2.45) is 0 Å². The molecule has 6 heteroatoms. The summed E-state index contributed by atoms with van der Waals surface area (Å²) in [6.07, 6.45) is 0. The maximum atomic E-state index is 12.2. The van der Waals surface area contributed by atoms with Gasteiger partial charge in [0.1, 0.15) is 5.75 Å². The number of carbonyl (C=O) groups is 2. The van der Waals surface area contributed by atoms with E-state index in [4.69, 9.17) is 16.3 Å². The lowest BCUT2D eigenvalue weighted by Crippen LogP contribution is -2.33. The smallest absolute Gasteiger partial charge is 0.264 e. The van der Waals surface area contributed by atoms with Crippen molar-refractivity contribution in [3.05, 3.63) is 63.1 Å². The Labute approximate surface area is 134 Å². The van der Waals surface area contributed by atoms with Gasteiger partial charge in [-0.15, -0.1) is 0 Å². The number of hydrogen-bond acceptors (Lipinski definition) is 3. The Morgan fingerprint density at radius 2 is 1.67 bits per heavy atom. The minimum absolute atomic E-state index is 0.173. The van der Waals surface area contributed by atoms with Gasteiger partial charge in [0.25, 0.3) is 11.8 Å². The number of benzene rings is 2. The highest BCUT2D eigenvalue weighted by Crippen LogP contribution is 2.29. The molecule has 0 saturated carbocycles. The molecule has 0 aromatic heterocycles. The van der Waals surface area contributed by atoms with Crippen LogP contribution in [0.2, 0.25) is 5.02 Å². The molecule has 0 fully saturated rings. The van der Waals surface area contributed by atoms with Gasteiger partial charge in [-0.25, -0.2) is 4.90 Å². The number of carbonyl (C=O) groups excluding carboxylic acids is 2. The standard InChI is InChI=1S/C15H9BrClNO3/c16-9-5-6-13(12(17)7-9)21-8-18-14(19)10-3-1-2-4-11(10)15(18)20/h1-7H,8H2. The minimum Gasteiger partial charge on any atom is -0.471 e. The lowest BCUT2D eigenvalue weighted by Gasteiger charge is -2.15. The normalized spacial score (nSPS) is 13.5. The monoisotopic (exact) mass is 365 g/mol. The molecule has 2 aromatic rings. The Hall–Kier alpha value is -1.85. The Bertz CT molecular complexity index is 712. The first-order valence-electron chi connectivity index (χ1n) is 6.11. The van der Waals surface area contributed by atoms with Crippen LogP contribution in [0.4, 0.5) is 0 Å². The molecule has 1 aliphatic rings. The zero-order chi connectivity index (χ0) is 15.0. The van der Waals surface area contributed by atoms with Gasteiger partial charge in [0, 0.05) is 4.47 Å². The number of halogens is 2. The molecular weight excluding hydrogens is 358 g/mol. The molecule has 0 N–H and O–H groups in total. The van der Waals surface area contributed by atoms with E-state index in [0.717, 1.165) is 9.37 Å². The van der Waals surface area contributed by atoms with Crippen molar-refractivity contribution in [1.82, 2.24) is 4.90 Å². The van der Waals surface area contributed by atoms with Crippen LogP contribution < -0.4 is 4.74 Å². The van der Waals surface area contributed by atoms with E-state index in [1.165, 1.54) is 0 Å². The first-order valence-corrected chi connectivity index (χ1v) is 7.28. The van der Waals surface area contributed by atoms with Crippen LogP contribution >= 0.6 is 27.5 Å². The third-order valence-electron chi connectivity index (χ3n) is 3.12. The molecule has 106 valence electrons. The Kier molecular flexibility index (Phi) is 3.69. The van der Waals surface area contributed by atoms with Crippen LogP contribution in [0.15, 0.2) is 46.9 Å². The quantitative estimate of drug-likeness (QED) is 0.778.